The molecule has 2 unspecified atom stereocenters. The first kappa shape index (κ1) is 15.8. The van der Waals surface area contributed by atoms with Crippen molar-refractivity contribution < 1.29 is 4.79 Å². The molecule has 1 saturated carbocycles. The Bertz CT molecular complexity index is 538. The van der Waals surface area contributed by atoms with Gasteiger partial charge in [0.25, 0.3) is 0 Å². The van der Waals surface area contributed by atoms with Crippen LogP contribution in [0.4, 0.5) is 0 Å². The second-order valence-electron chi connectivity index (χ2n) is 6.77. The fourth-order valence-corrected chi connectivity index (χ4v) is 4.03. The lowest BCUT2D eigenvalue weighted by molar-refractivity contribution is -0.138. The molecular weight excluding hydrogens is 296 g/mol. The van der Waals surface area contributed by atoms with E-state index in [1.807, 2.05) is 0 Å². The van der Waals surface area contributed by atoms with Gasteiger partial charge in [-0.05, 0) is 56.2 Å². The van der Waals surface area contributed by atoms with Crippen molar-refractivity contribution in [3.05, 3.63) is 35.4 Å². The van der Waals surface area contributed by atoms with E-state index in [-0.39, 0.29) is 18.3 Å². The Kier molecular flexibility index (Phi) is 4.74. The first-order valence-electron chi connectivity index (χ1n) is 8.45. The summed E-state index contributed by atoms with van der Waals surface area (Å²) < 4.78 is 0. The Morgan fingerprint density at radius 2 is 1.95 bits per heavy atom. The van der Waals surface area contributed by atoms with Crippen LogP contribution in [0, 0.1) is 5.92 Å². The Balaban J connectivity index is 0.00000144. The van der Waals surface area contributed by atoms with Gasteiger partial charge in [0.15, 0.2) is 0 Å². The Labute approximate surface area is 138 Å². The van der Waals surface area contributed by atoms with Crippen LogP contribution in [-0.2, 0) is 11.2 Å². The number of hydrogen-bond donors (Lipinski definition) is 1. The quantitative estimate of drug-likeness (QED) is 0.928. The summed E-state index contributed by atoms with van der Waals surface area (Å²) in [6.45, 7) is 1.87. The van der Waals surface area contributed by atoms with Gasteiger partial charge in [-0.1, -0.05) is 24.3 Å². The molecule has 0 radical (unpaired) electrons. The molecule has 120 valence electrons. The average Bonchev–Trinajstić information content (AvgIpc) is 3.20. The molecular formula is C18H25ClN2O. The number of benzene rings is 1. The summed E-state index contributed by atoms with van der Waals surface area (Å²) in [6, 6.07) is 9.59. The molecule has 2 atom stereocenters. The van der Waals surface area contributed by atoms with E-state index >= 15 is 0 Å². The van der Waals surface area contributed by atoms with E-state index in [4.69, 9.17) is 0 Å². The maximum absolute atomic E-state index is 13.0. The van der Waals surface area contributed by atoms with Gasteiger partial charge >= 0.3 is 0 Å². The summed E-state index contributed by atoms with van der Waals surface area (Å²) >= 11 is 0. The normalized spacial score (nSPS) is 26.9. The van der Waals surface area contributed by atoms with Crippen LogP contribution < -0.4 is 5.32 Å². The van der Waals surface area contributed by atoms with Gasteiger partial charge in [0.2, 0.25) is 5.91 Å². The molecule has 0 spiro atoms. The molecule has 1 saturated heterocycles. The molecule has 1 aliphatic heterocycles. The highest BCUT2D eigenvalue weighted by Gasteiger charge is 2.41. The zero-order chi connectivity index (χ0) is 14.2. The molecule has 1 aromatic rings. The first-order chi connectivity index (χ1) is 10.3. The summed E-state index contributed by atoms with van der Waals surface area (Å²) in [5, 5.41) is 3.34. The van der Waals surface area contributed by atoms with Crippen molar-refractivity contribution in [2.45, 2.75) is 50.6 Å². The smallest absolute Gasteiger partial charge is 0.227 e. The van der Waals surface area contributed by atoms with Gasteiger partial charge in [-0.2, -0.15) is 0 Å². The molecule has 0 bridgehead atoms. The van der Waals surface area contributed by atoms with E-state index in [0.717, 1.165) is 25.9 Å². The Morgan fingerprint density at radius 1 is 1.14 bits per heavy atom. The largest absolute Gasteiger partial charge is 0.332 e. The van der Waals surface area contributed by atoms with Crippen molar-refractivity contribution in [1.82, 2.24) is 10.2 Å². The number of rotatable bonds is 3. The fraction of sp³-hybridized carbons (Fsp3) is 0.611. The molecule has 4 heteroatoms. The number of nitrogens with zero attached hydrogens (tertiary/aromatic N) is 1. The van der Waals surface area contributed by atoms with Gasteiger partial charge < -0.3 is 10.2 Å². The number of carbonyl (C=O) groups is 1. The number of carbonyl (C=O) groups excluding carboxylic acids is 1. The van der Waals surface area contributed by atoms with Crippen molar-refractivity contribution in [2.24, 2.45) is 5.92 Å². The van der Waals surface area contributed by atoms with E-state index in [0.29, 0.717) is 18.0 Å². The lowest BCUT2D eigenvalue weighted by atomic mass is 9.86. The predicted molar refractivity (Wildman–Crippen MR) is 90.2 cm³/mol. The van der Waals surface area contributed by atoms with Gasteiger partial charge in [-0.3, -0.25) is 4.79 Å². The molecule has 2 aliphatic carbocycles. The zero-order valence-electron chi connectivity index (χ0n) is 13.0. The highest BCUT2D eigenvalue weighted by Crippen LogP contribution is 2.41. The van der Waals surface area contributed by atoms with Gasteiger partial charge in [0.05, 0.1) is 12.0 Å². The van der Waals surface area contributed by atoms with Crippen LogP contribution in [-0.4, -0.2) is 29.9 Å². The highest BCUT2D eigenvalue weighted by molar-refractivity contribution is 5.85. The minimum absolute atomic E-state index is 0. The van der Waals surface area contributed by atoms with Crippen molar-refractivity contribution in [2.75, 3.05) is 13.1 Å². The Hall–Kier alpha value is -1.06. The standard InChI is InChI=1S/C18H24N2O.ClH/c21-18(14-10-11-19-12-14)20(15-8-9-15)17-7-3-5-13-4-1-2-6-16(13)17;/h1-2,4,6,14-15,17,19H,3,5,7-12H2;1H. The summed E-state index contributed by atoms with van der Waals surface area (Å²) in [5.41, 5.74) is 2.87. The van der Waals surface area contributed by atoms with Crippen LogP contribution >= 0.6 is 12.4 Å². The predicted octanol–water partition coefficient (Wildman–Crippen LogP) is 3.09. The monoisotopic (exact) mass is 320 g/mol. The maximum Gasteiger partial charge on any atom is 0.227 e. The van der Waals surface area contributed by atoms with E-state index in [9.17, 15) is 4.79 Å². The number of fused-ring (bicyclic) bond motifs is 1. The first-order valence-corrected chi connectivity index (χ1v) is 8.45. The Morgan fingerprint density at radius 3 is 2.68 bits per heavy atom. The van der Waals surface area contributed by atoms with Gasteiger partial charge in [-0.25, -0.2) is 0 Å². The van der Waals surface area contributed by atoms with E-state index in [2.05, 4.69) is 34.5 Å². The van der Waals surface area contributed by atoms with Crippen LogP contribution in [0.15, 0.2) is 24.3 Å². The molecule has 1 aromatic carbocycles. The van der Waals surface area contributed by atoms with E-state index in [1.165, 1.54) is 36.8 Å². The number of hydrogen-bond acceptors (Lipinski definition) is 2. The van der Waals surface area contributed by atoms with Gasteiger partial charge in [-0.15, -0.1) is 12.4 Å². The average molecular weight is 321 g/mol. The van der Waals surface area contributed by atoms with Gasteiger partial charge in [0.1, 0.15) is 0 Å². The van der Waals surface area contributed by atoms with Crippen LogP contribution in [0.2, 0.25) is 0 Å². The lowest BCUT2D eigenvalue weighted by Gasteiger charge is -2.37. The second-order valence-corrected chi connectivity index (χ2v) is 6.77. The van der Waals surface area contributed by atoms with Crippen LogP contribution in [0.25, 0.3) is 0 Å². The number of nitrogens with one attached hydrogen (secondary N) is 1. The molecule has 3 aliphatic rings. The summed E-state index contributed by atoms with van der Waals surface area (Å²) in [5.74, 6) is 0.615. The summed E-state index contributed by atoms with van der Waals surface area (Å²) in [7, 11) is 0. The van der Waals surface area contributed by atoms with Crippen molar-refractivity contribution in [1.29, 1.82) is 0 Å². The molecule has 4 rings (SSSR count). The van der Waals surface area contributed by atoms with Crippen LogP contribution in [0.1, 0.15) is 49.3 Å². The van der Waals surface area contributed by atoms with Crippen molar-refractivity contribution in [3.63, 3.8) is 0 Å². The number of amides is 1. The molecule has 1 N–H and O–H groups in total. The SMILES string of the molecule is Cl.O=C(C1CCNC1)N(C1CC1)C1CCCc2ccccc21. The lowest BCUT2D eigenvalue weighted by Crippen LogP contribution is -2.42. The van der Waals surface area contributed by atoms with E-state index in [1.54, 1.807) is 0 Å². The number of halogens is 1. The number of aryl methyl sites for hydroxylation is 1. The topological polar surface area (TPSA) is 32.3 Å². The molecule has 1 heterocycles. The molecule has 1 amide bonds. The van der Waals surface area contributed by atoms with Crippen LogP contribution in [0.5, 0.6) is 0 Å². The molecule has 2 fully saturated rings. The third-order valence-electron chi connectivity index (χ3n) is 5.28. The van der Waals surface area contributed by atoms with E-state index < -0.39 is 0 Å². The summed E-state index contributed by atoms with van der Waals surface area (Å²) in [6.07, 6.45) is 6.93. The highest BCUT2D eigenvalue weighted by atomic mass is 35.5. The van der Waals surface area contributed by atoms with Crippen molar-refractivity contribution in [3.8, 4) is 0 Å². The third kappa shape index (κ3) is 2.89. The second kappa shape index (κ2) is 6.59. The van der Waals surface area contributed by atoms with Crippen LogP contribution in [0.3, 0.4) is 0 Å². The fourth-order valence-electron chi connectivity index (χ4n) is 4.03. The zero-order valence-corrected chi connectivity index (χ0v) is 13.8. The third-order valence-corrected chi connectivity index (χ3v) is 5.28. The minimum Gasteiger partial charge on any atom is -0.332 e. The molecule has 22 heavy (non-hydrogen) atoms. The summed E-state index contributed by atoms with van der Waals surface area (Å²) in [4.78, 5) is 15.3. The maximum atomic E-state index is 13.0. The minimum atomic E-state index is 0. The van der Waals surface area contributed by atoms with Crippen molar-refractivity contribution >= 4 is 18.3 Å². The molecule has 3 nitrogen and oxygen atoms in total. The molecule has 0 aromatic heterocycles. The van der Waals surface area contributed by atoms with Gasteiger partial charge in [0, 0.05) is 12.6 Å².